The Morgan fingerprint density at radius 2 is 1.20 bits per heavy atom. The molecular weight excluding hydrogens is 634 g/mol. The molecule has 0 spiro atoms. The van der Waals surface area contributed by atoms with Gasteiger partial charge in [0, 0.05) is 48.0 Å². The molecule has 2 amide bonds. The van der Waals surface area contributed by atoms with Gasteiger partial charge in [0.25, 0.3) is 0 Å². The summed E-state index contributed by atoms with van der Waals surface area (Å²) < 4.78 is 0. The predicted molar refractivity (Wildman–Crippen MR) is 173 cm³/mol. The van der Waals surface area contributed by atoms with Gasteiger partial charge in [0.05, 0.1) is 0 Å². The lowest BCUT2D eigenvalue weighted by Gasteiger charge is -2.34. The van der Waals surface area contributed by atoms with Crippen LogP contribution in [0.25, 0.3) is 0 Å². The van der Waals surface area contributed by atoms with Gasteiger partial charge in [0.15, 0.2) is 0 Å². The maximum Gasteiger partial charge on any atom is 0.229 e. The van der Waals surface area contributed by atoms with Gasteiger partial charge in [-0.15, -0.1) is 0 Å². The van der Waals surface area contributed by atoms with Crippen molar-refractivity contribution in [2.45, 2.75) is 56.8 Å². The highest BCUT2D eigenvalue weighted by molar-refractivity contribution is 9.11. The van der Waals surface area contributed by atoms with E-state index in [0.29, 0.717) is 37.6 Å². The Balaban J connectivity index is 0.000000218. The maximum absolute atomic E-state index is 11.8. The summed E-state index contributed by atoms with van der Waals surface area (Å²) >= 11 is 6.40. The van der Waals surface area contributed by atoms with Crippen molar-refractivity contribution in [3.63, 3.8) is 0 Å². The number of benzene rings is 2. The largest absolute Gasteiger partial charge is 0.398 e. The molecule has 2 aromatic rings. The molecule has 5 N–H and O–H groups in total. The molecule has 220 valence electrons. The molecule has 0 radical (unpaired) electrons. The highest BCUT2D eigenvalue weighted by Gasteiger charge is 2.27. The average molecular weight is 680 g/mol. The number of halogens is 2. The summed E-state index contributed by atoms with van der Waals surface area (Å²) in [5.74, 6) is 1.18. The molecule has 0 aliphatic carbocycles. The number of carbonyl (C=O) groups excluding carboxylic acids is 2. The third kappa shape index (κ3) is 10.2. The zero-order valence-corrected chi connectivity index (χ0v) is 26.7. The van der Waals surface area contributed by atoms with E-state index in [0.717, 1.165) is 67.6 Å². The van der Waals surface area contributed by atoms with Crippen LogP contribution in [0.5, 0.6) is 0 Å². The third-order valence-electron chi connectivity index (χ3n) is 7.89. The first-order valence-corrected chi connectivity index (χ1v) is 16.8. The van der Waals surface area contributed by atoms with E-state index in [2.05, 4.69) is 60.3 Å². The molecule has 3 heterocycles. The SMILES string of the molecule is BrCCBr.Nc1ccccc1C1CCN(CCN2C(=O)CCCC2=O)CC1.Nc1ccccc1C1CCNCC1. The van der Waals surface area contributed by atoms with Crippen LogP contribution < -0.4 is 16.8 Å². The average Bonchev–Trinajstić information content (AvgIpc) is 2.99. The lowest BCUT2D eigenvalue weighted by molar-refractivity contribution is -0.148. The number of para-hydroxylation sites is 2. The molecule has 5 rings (SSSR count). The molecule has 40 heavy (non-hydrogen) atoms. The molecule has 0 bridgehead atoms. The number of piperidine rings is 3. The van der Waals surface area contributed by atoms with Crippen molar-refractivity contribution in [3.8, 4) is 0 Å². The fraction of sp³-hybridized carbons (Fsp3) is 0.548. The maximum atomic E-state index is 11.8. The van der Waals surface area contributed by atoms with Crippen LogP contribution in [-0.4, -0.2) is 71.5 Å². The molecular formula is C31H45Br2N5O2. The van der Waals surface area contributed by atoms with Gasteiger partial charge in [-0.2, -0.15) is 0 Å². The number of rotatable bonds is 6. The highest BCUT2D eigenvalue weighted by Crippen LogP contribution is 2.31. The topological polar surface area (TPSA) is 105 Å². The first kappa shape index (κ1) is 32.6. The number of nitrogen functional groups attached to an aromatic ring is 2. The Hall–Kier alpha value is -1.94. The van der Waals surface area contributed by atoms with Crippen LogP contribution in [0, 0.1) is 0 Å². The molecule has 7 nitrogen and oxygen atoms in total. The fourth-order valence-electron chi connectivity index (χ4n) is 5.66. The summed E-state index contributed by atoms with van der Waals surface area (Å²) in [7, 11) is 0. The van der Waals surface area contributed by atoms with Crippen molar-refractivity contribution >= 4 is 55.0 Å². The minimum Gasteiger partial charge on any atom is -0.398 e. The van der Waals surface area contributed by atoms with Crippen molar-refractivity contribution < 1.29 is 9.59 Å². The molecule has 0 saturated carbocycles. The second-order valence-corrected chi connectivity index (χ2v) is 12.2. The monoisotopic (exact) mass is 677 g/mol. The van der Waals surface area contributed by atoms with Crippen LogP contribution in [0.2, 0.25) is 0 Å². The van der Waals surface area contributed by atoms with E-state index in [9.17, 15) is 9.59 Å². The van der Waals surface area contributed by atoms with Gasteiger partial charge >= 0.3 is 0 Å². The summed E-state index contributed by atoms with van der Waals surface area (Å²) in [4.78, 5) is 27.5. The van der Waals surface area contributed by atoms with Crippen molar-refractivity contribution in [1.82, 2.24) is 15.1 Å². The molecule has 3 fully saturated rings. The lowest BCUT2D eigenvalue weighted by atomic mass is 9.88. The molecule has 0 unspecified atom stereocenters. The number of likely N-dealkylation sites (tertiary alicyclic amines) is 2. The Morgan fingerprint density at radius 1 is 0.725 bits per heavy atom. The first-order valence-electron chi connectivity index (χ1n) is 14.5. The van der Waals surface area contributed by atoms with Gasteiger partial charge in [0.2, 0.25) is 11.8 Å². The van der Waals surface area contributed by atoms with Crippen LogP contribution in [0.1, 0.15) is 67.9 Å². The molecule has 0 atom stereocenters. The Kier molecular flexibility index (Phi) is 14.5. The summed E-state index contributed by atoms with van der Waals surface area (Å²) in [5.41, 5.74) is 16.4. The van der Waals surface area contributed by atoms with Crippen molar-refractivity contribution in [1.29, 1.82) is 0 Å². The summed E-state index contributed by atoms with van der Waals surface area (Å²) in [5, 5.41) is 5.46. The second kappa shape index (κ2) is 17.8. The highest BCUT2D eigenvalue weighted by atomic mass is 79.9. The standard InChI is InChI=1S/C18H25N3O2.C11H16N2.C2H4Br2/c19-16-5-2-1-4-15(16)14-8-10-20(11-9-14)12-13-21-17(22)6-3-7-18(21)23;12-11-4-2-1-3-10(11)9-5-7-13-8-6-9;3-1-2-4/h1-2,4-5,14H,3,6-13,19H2;1-4,9,13H,5-8,12H2;1-2H2. The van der Waals surface area contributed by atoms with Crippen LogP contribution in [0.3, 0.4) is 0 Å². The number of alkyl halides is 2. The Morgan fingerprint density at radius 3 is 1.68 bits per heavy atom. The molecule has 2 aromatic carbocycles. The minimum absolute atomic E-state index is 0.00630. The number of nitrogens with one attached hydrogen (secondary N) is 1. The fourth-order valence-corrected chi connectivity index (χ4v) is 5.66. The Labute approximate surface area is 256 Å². The van der Waals surface area contributed by atoms with Crippen molar-refractivity contribution in [2.75, 3.05) is 61.4 Å². The van der Waals surface area contributed by atoms with E-state index < -0.39 is 0 Å². The zero-order valence-electron chi connectivity index (χ0n) is 23.5. The number of carbonyl (C=O) groups is 2. The minimum atomic E-state index is -0.00630. The third-order valence-corrected chi connectivity index (χ3v) is 9.75. The van der Waals surface area contributed by atoms with Gasteiger partial charge in [-0.3, -0.25) is 14.5 Å². The van der Waals surface area contributed by atoms with Crippen LogP contribution in [0.15, 0.2) is 48.5 Å². The quantitative estimate of drug-likeness (QED) is 0.212. The van der Waals surface area contributed by atoms with Gasteiger partial charge < -0.3 is 21.7 Å². The zero-order chi connectivity index (χ0) is 28.7. The van der Waals surface area contributed by atoms with E-state index >= 15 is 0 Å². The molecule has 3 aliphatic heterocycles. The molecule has 3 aliphatic rings. The van der Waals surface area contributed by atoms with Gasteiger partial charge in [-0.05, 0) is 93.4 Å². The number of nitrogens with zero attached hydrogens (tertiary/aromatic N) is 2. The predicted octanol–water partition coefficient (Wildman–Crippen LogP) is 5.50. The van der Waals surface area contributed by atoms with E-state index in [4.69, 9.17) is 11.5 Å². The molecule has 3 saturated heterocycles. The van der Waals surface area contributed by atoms with E-state index in [-0.39, 0.29) is 11.8 Å². The molecule has 0 aromatic heterocycles. The molecule has 9 heteroatoms. The van der Waals surface area contributed by atoms with Gasteiger partial charge in [-0.25, -0.2) is 0 Å². The van der Waals surface area contributed by atoms with Crippen LogP contribution in [0.4, 0.5) is 11.4 Å². The van der Waals surface area contributed by atoms with E-state index in [1.807, 2.05) is 30.3 Å². The van der Waals surface area contributed by atoms with Crippen molar-refractivity contribution in [2.24, 2.45) is 0 Å². The first-order chi connectivity index (χ1) is 19.4. The summed E-state index contributed by atoms with van der Waals surface area (Å²) in [6.07, 6.45) is 6.33. The van der Waals surface area contributed by atoms with Crippen LogP contribution in [-0.2, 0) is 9.59 Å². The number of hydrogen-bond donors (Lipinski definition) is 3. The van der Waals surface area contributed by atoms with Crippen LogP contribution >= 0.6 is 31.9 Å². The number of hydrogen-bond acceptors (Lipinski definition) is 6. The summed E-state index contributed by atoms with van der Waals surface area (Å²) in [6, 6.07) is 16.3. The number of anilines is 2. The lowest BCUT2D eigenvalue weighted by Crippen LogP contribution is -2.45. The van der Waals surface area contributed by atoms with Gasteiger partial charge in [-0.1, -0.05) is 68.3 Å². The Bertz CT molecular complexity index is 1040. The normalized spacial score (nSPS) is 18.9. The number of nitrogens with two attached hydrogens (primary N) is 2. The number of amides is 2. The second-order valence-electron chi connectivity index (χ2n) is 10.6. The van der Waals surface area contributed by atoms with E-state index in [1.54, 1.807) is 0 Å². The number of imide groups is 1. The summed E-state index contributed by atoms with van der Waals surface area (Å²) in [6.45, 7) is 5.56. The smallest absolute Gasteiger partial charge is 0.229 e. The van der Waals surface area contributed by atoms with E-state index in [1.165, 1.54) is 28.9 Å². The van der Waals surface area contributed by atoms with Gasteiger partial charge in [0.1, 0.15) is 0 Å². The van der Waals surface area contributed by atoms with Crippen molar-refractivity contribution in [3.05, 3.63) is 59.7 Å².